The third-order valence-corrected chi connectivity index (χ3v) is 8.79. The molecule has 2 atom stereocenters. The summed E-state index contributed by atoms with van der Waals surface area (Å²) in [6.45, 7) is 2.53. The summed E-state index contributed by atoms with van der Waals surface area (Å²) in [6.07, 6.45) is 1.56. The van der Waals surface area contributed by atoms with E-state index in [4.69, 9.17) is 9.47 Å². The van der Waals surface area contributed by atoms with Crippen molar-refractivity contribution in [2.45, 2.75) is 30.5 Å². The number of hydrogen-bond donors (Lipinski definition) is 1. The number of imide groups is 1. The van der Waals surface area contributed by atoms with E-state index >= 15 is 0 Å². The molecular formula is C32H26N4O5. The highest BCUT2D eigenvalue weighted by molar-refractivity contribution is 6.25. The fraction of sp³-hybridized carbons (Fsp3) is 0.281. The van der Waals surface area contributed by atoms with Crippen LogP contribution in [0.25, 0.3) is 0 Å². The number of hydrogen-bond acceptors (Lipinski definition) is 7. The van der Waals surface area contributed by atoms with Crippen LogP contribution in [0.1, 0.15) is 47.1 Å². The molecule has 2 saturated heterocycles. The monoisotopic (exact) mass is 546 g/mol. The minimum Gasteiger partial charge on any atom is -0.347 e. The van der Waals surface area contributed by atoms with Crippen LogP contribution in [0.2, 0.25) is 0 Å². The number of nitrogens with one attached hydrogen (secondary N) is 1. The maximum atomic E-state index is 14.4. The highest BCUT2D eigenvalue weighted by Gasteiger charge is 2.68. The molecule has 2 fully saturated rings. The Labute approximate surface area is 236 Å². The molecule has 3 aromatic carbocycles. The van der Waals surface area contributed by atoms with Crippen LogP contribution < -0.4 is 10.3 Å². The lowest BCUT2D eigenvalue weighted by molar-refractivity contribution is -0.159. The van der Waals surface area contributed by atoms with Crippen LogP contribution in [-0.4, -0.2) is 42.9 Å². The number of carbonyl (C=O) groups excluding carboxylic acids is 3. The van der Waals surface area contributed by atoms with Crippen LogP contribution in [0.3, 0.4) is 0 Å². The van der Waals surface area contributed by atoms with Crippen LogP contribution in [0.5, 0.6) is 0 Å². The number of anilines is 1. The van der Waals surface area contributed by atoms with Crippen molar-refractivity contribution in [3.8, 4) is 6.07 Å². The van der Waals surface area contributed by atoms with Gasteiger partial charge >= 0.3 is 0 Å². The molecule has 5 aliphatic rings. The molecule has 3 aromatic rings. The van der Waals surface area contributed by atoms with E-state index in [-0.39, 0.29) is 29.5 Å². The number of para-hydroxylation sites is 1. The molecule has 8 rings (SSSR count). The van der Waals surface area contributed by atoms with Gasteiger partial charge in [-0.05, 0) is 41.3 Å². The number of amides is 3. The SMILES string of the molecule is CC1(CC(=O)N/N=C\C23c4ccccc4C(c4ccccc42)[C@H]2C(=O)N(c4ccccc4C#N)C(=O)[C@@H]23)OCCO1. The van der Waals surface area contributed by atoms with Gasteiger partial charge in [0.1, 0.15) is 6.07 Å². The Balaban J connectivity index is 1.37. The third kappa shape index (κ3) is 3.54. The molecule has 3 aliphatic carbocycles. The largest absolute Gasteiger partial charge is 0.347 e. The zero-order valence-electron chi connectivity index (χ0n) is 22.2. The summed E-state index contributed by atoms with van der Waals surface area (Å²) in [5.74, 6) is -4.03. The van der Waals surface area contributed by atoms with Crippen molar-refractivity contribution in [2.75, 3.05) is 18.1 Å². The van der Waals surface area contributed by atoms with Gasteiger partial charge < -0.3 is 9.47 Å². The second kappa shape index (κ2) is 9.20. The summed E-state index contributed by atoms with van der Waals surface area (Å²) in [6, 6.07) is 24.3. The third-order valence-electron chi connectivity index (χ3n) is 8.79. The van der Waals surface area contributed by atoms with Gasteiger partial charge in [-0.3, -0.25) is 14.4 Å². The molecule has 9 nitrogen and oxygen atoms in total. The van der Waals surface area contributed by atoms with Crippen molar-refractivity contribution in [1.29, 1.82) is 5.26 Å². The van der Waals surface area contributed by atoms with Gasteiger partial charge in [-0.1, -0.05) is 60.7 Å². The summed E-state index contributed by atoms with van der Waals surface area (Å²) < 4.78 is 11.1. The zero-order chi connectivity index (χ0) is 28.4. The molecule has 9 heteroatoms. The normalized spacial score (nSPS) is 26.9. The van der Waals surface area contributed by atoms with Crippen LogP contribution >= 0.6 is 0 Å². The maximum absolute atomic E-state index is 14.4. The van der Waals surface area contributed by atoms with Gasteiger partial charge in [-0.15, -0.1) is 0 Å². The van der Waals surface area contributed by atoms with E-state index in [0.717, 1.165) is 22.3 Å². The van der Waals surface area contributed by atoms with E-state index in [1.165, 1.54) is 4.90 Å². The standard InChI is InChI=1S/C32H26N4O5/c1-31(40-14-15-41-31)16-25(37)35-34-18-32-22-11-5-3-9-20(22)26(21-10-4-6-12-23(21)32)27-28(32)30(39)36(29(27)38)24-13-7-2-8-19(24)17-33/h2-13,18,26-28H,14-16H2,1H3,(H,35,37)/b34-18-/t26?,27-,28-,32?/m1/s1. The number of carbonyl (C=O) groups is 3. The lowest BCUT2D eigenvalue weighted by Gasteiger charge is -2.52. The zero-order valence-corrected chi connectivity index (χ0v) is 22.2. The average molecular weight is 547 g/mol. The lowest BCUT2D eigenvalue weighted by atomic mass is 9.47. The first-order valence-corrected chi connectivity index (χ1v) is 13.6. The smallest absolute Gasteiger partial charge is 0.245 e. The Morgan fingerprint density at radius 3 is 2.27 bits per heavy atom. The number of hydrazone groups is 1. The van der Waals surface area contributed by atoms with Crippen molar-refractivity contribution in [3.05, 3.63) is 101 Å². The first-order valence-electron chi connectivity index (χ1n) is 13.6. The van der Waals surface area contributed by atoms with Gasteiger partial charge in [-0.25, -0.2) is 10.3 Å². The van der Waals surface area contributed by atoms with Gasteiger partial charge in [0, 0.05) is 12.1 Å². The summed E-state index contributed by atoms with van der Waals surface area (Å²) >= 11 is 0. The highest BCUT2D eigenvalue weighted by atomic mass is 16.7. The molecule has 204 valence electrons. The Bertz CT molecular complexity index is 1640. The van der Waals surface area contributed by atoms with Crippen molar-refractivity contribution < 1.29 is 23.9 Å². The van der Waals surface area contributed by atoms with Gasteiger partial charge in [0.25, 0.3) is 0 Å². The molecule has 1 N–H and O–H groups in total. The number of ether oxygens (including phenoxy) is 2. The molecule has 2 aliphatic heterocycles. The molecule has 2 heterocycles. The molecule has 3 amide bonds. The molecular weight excluding hydrogens is 520 g/mol. The molecule has 0 unspecified atom stereocenters. The van der Waals surface area contributed by atoms with Crippen molar-refractivity contribution in [2.24, 2.45) is 16.9 Å². The van der Waals surface area contributed by atoms with E-state index in [2.05, 4.69) is 16.6 Å². The predicted octanol–water partition coefficient (Wildman–Crippen LogP) is 3.36. The van der Waals surface area contributed by atoms with Gasteiger partial charge in [0.2, 0.25) is 17.7 Å². The van der Waals surface area contributed by atoms with Crippen molar-refractivity contribution >= 4 is 29.6 Å². The molecule has 41 heavy (non-hydrogen) atoms. The van der Waals surface area contributed by atoms with Crippen LogP contribution in [0.4, 0.5) is 5.69 Å². The topological polar surface area (TPSA) is 121 Å². The maximum Gasteiger partial charge on any atom is 0.245 e. The molecule has 0 spiro atoms. The summed E-state index contributed by atoms with van der Waals surface area (Å²) in [7, 11) is 0. The second-order valence-corrected chi connectivity index (χ2v) is 11.0. The van der Waals surface area contributed by atoms with Crippen LogP contribution in [0, 0.1) is 23.2 Å². The Hall–Kier alpha value is -4.65. The minimum atomic E-state index is -1.13. The molecule has 2 bridgehead atoms. The van der Waals surface area contributed by atoms with E-state index in [1.54, 1.807) is 37.4 Å². The predicted molar refractivity (Wildman–Crippen MR) is 148 cm³/mol. The van der Waals surface area contributed by atoms with E-state index in [0.29, 0.717) is 13.2 Å². The first kappa shape index (κ1) is 25.3. The molecule has 0 radical (unpaired) electrons. The summed E-state index contributed by atoms with van der Waals surface area (Å²) in [4.78, 5) is 42.7. The van der Waals surface area contributed by atoms with Crippen molar-refractivity contribution in [1.82, 2.24) is 5.43 Å². The number of rotatable bonds is 5. The highest BCUT2D eigenvalue weighted by Crippen LogP contribution is 2.63. The summed E-state index contributed by atoms with van der Waals surface area (Å²) in [5.41, 5.74) is 5.63. The number of benzene rings is 3. The fourth-order valence-electron chi connectivity index (χ4n) is 7.25. The first-order chi connectivity index (χ1) is 19.9. The average Bonchev–Trinajstić information content (AvgIpc) is 3.53. The Kier molecular flexibility index (Phi) is 5.68. The van der Waals surface area contributed by atoms with Crippen LogP contribution in [0.15, 0.2) is 77.9 Å². The van der Waals surface area contributed by atoms with Gasteiger partial charge in [0.15, 0.2) is 5.79 Å². The number of nitriles is 1. The summed E-state index contributed by atoms with van der Waals surface area (Å²) in [5, 5.41) is 14.2. The second-order valence-electron chi connectivity index (χ2n) is 11.0. The fourth-order valence-corrected chi connectivity index (χ4v) is 7.25. The Morgan fingerprint density at radius 1 is 1.00 bits per heavy atom. The number of nitrogens with zero attached hydrogens (tertiary/aromatic N) is 3. The quantitative estimate of drug-likeness (QED) is 0.298. The minimum absolute atomic E-state index is 0.0468. The molecule has 0 aromatic heterocycles. The molecule has 0 saturated carbocycles. The lowest BCUT2D eigenvalue weighted by Crippen LogP contribution is -2.54. The van der Waals surface area contributed by atoms with Crippen molar-refractivity contribution in [3.63, 3.8) is 0 Å². The van der Waals surface area contributed by atoms with Crippen LogP contribution in [-0.2, 0) is 29.3 Å². The van der Waals surface area contributed by atoms with E-state index < -0.39 is 34.9 Å². The van der Waals surface area contributed by atoms with E-state index in [1.807, 2.05) is 48.5 Å². The van der Waals surface area contributed by atoms with E-state index in [9.17, 15) is 19.6 Å². The van der Waals surface area contributed by atoms with Gasteiger partial charge in [0.05, 0.1) is 48.1 Å². The van der Waals surface area contributed by atoms with Gasteiger partial charge in [-0.2, -0.15) is 10.4 Å². The Morgan fingerprint density at radius 2 is 1.61 bits per heavy atom.